The smallest absolute Gasteiger partial charge is 0.255 e. The van der Waals surface area contributed by atoms with Gasteiger partial charge in [0.25, 0.3) is 5.91 Å². The SMILES string of the molecule is Cc1ccc(C(=O)Nc2cc(Cl)ccc2-n2cncn2)cc1C. The third-order valence-electron chi connectivity index (χ3n) is 3.64. The molecule has 0 unspecified atom stereocenters. The van der Waals surface area contributed by atoms with Crippen molar-refractivity contribution >= 4 is 23.2 Å². The number of hydrogen-bond donors (Lipinski definition) is 1. The third kappa shape index (κ3) is 3.24. The summed E-state index contributed by atoms with van der Waals surface area (Å²) in [6.07, 6.45) is 3.00. The van der Waals surface area contributed by atoms with Gasteiger partial charge in [0, 0.05) is 10.6 Å². The van der Waals surface area contributed by atoms with Crippen LogP contribution in [0.2, 0.25) is 5.02 Å². The molecule has 0 aliphatic carbocycles. The van der Waals surface area contributed by atoms with Crippen LogP contribution in [0.4, 0.5) is 5.69 Å². The lowest BCUT2D eigenvalue weighted by Gasteiger charge is -2.12. The summed E-state index contributed by atoms with van der Waals surface area (Å²) in [5, 5.41) is 7.52. The third-order valence-corrected chi connectivity index (χ3v) is 3.88. The summed E-state index contributed by atoms with van der Waals surface area (Å²) in [6, 6.07) is 10.8. The van der Waals surface area contributed by atoms with Crippen molar-refractivity contribution in [1.29, 1.82) is 0 Å². The molecule has 0 saturated carbocycles. The van der Waals surface area contributed by atoms with Crippen LogP contribution in [-0.4, -0.2) is 20.7 Å². The monoisotopic (exact) mass is 326 g/mol. The Bertz CT molecular complexity index is 859. The van der Waals surface area contributed by atoms with E-state index in [0.717, 1.165) is 11.1 Å². The topological polar surface area (TPSA) is 59.8 Å². The Labute approximate surface area is 138 Å². The Hall–Kier alpha value is -2.66. The molecule has 3 aromatic rings. The highest BCUT2D eigenvalue weighted by molar-refractivity contribution is 6.31. The molecule has 0 radical (unpaired) electrons. The first-order valence-corrected chi connectivity index (χ1v) is 7.45. The van der Waals surface area contributed by atoms with Crippen molar-refractivity contribution in [2.45, 2.75) is 13.8 Å². The molecule has 1 N–H and O–H groups in total. The fourth-order valence-electron chi connectivity index (χ4n) is 2.22. The van der Waals surface area contributed by atoms with Crippen molar-refractivity contribution in [2.75, 3.05) is 5.32 Å². The van der Waals surface area contributed by atoms with Gasteiger partial charge in [-0.05, 0) is 55.3 Å². The molecule has 1 amide bonds. The van der Waals surface area contributed by atoms with Crippen LogP contribution >= 0.6 is 11.6 Å². The van der Waals surface area contributed by atoms with E-state index in [0.29, 0.717) is 22.0 Å². The minimum Gasteiger partial charge on any atom is -0.320 e. The number of nitrogens with one attached hydrogen (secondary N) is 1. The van der Waals surface area contributed by atoms with Crippen molar-refractivity contribution < 1.29 is 4.79 Å². The van der Waals surface area contributed by atoms with E-state index in [1.54, 1.807) is 35.3 Å². The van der Waals surface area contributed by atoms with Crippen LogP contribution in [0, 0.1) is 13.8 Å². The number of nitrogens with zero attached hydrogens (tertiary/aromatic N) is 3. The number of benzene rings is 2. The molecule has 0 saturated heterocycles. The van der Waals surface area contributed by atoms with Crippen molar-refractivity contribution in [3.63, 3.8) is 0 Å². The number of amides is 1. The van der Waals surface area contributed by atoms with Crippen LogP contribution in [0.1, 0.15) is 21.5 Å². The Balaban J connectivity index is 1.94. The van der Waals surface area contributed by atoms with Gasteiger partial charge < -0.3 is 5.32 Å². The fraction of sp³-hybridized carbons (Fsp3) is 0.118. The largest absolute Gasteiger partial charge is 0.320 e. The highest BCUT2D eigenvalue weighted by atomic mass is 35.5. The number of halogens is 1. The molecule has 116 valence electrons. The average Bonchev–Trinajstić information content (AvgIpc) is 3.04. The van der Waals surface area contributed by atoms with Gasteiger partial charge in [0.1, 0.15) is 12.7 Å². The minimum absolute atomic E-state index is 0.197. The number of aromatic nitrogens is 3. The molecule has 6 heteroatoms. The van der Waals surface area contributed by atoms with E-state index in [-0.39, 0.29) is 5.91 Å². The average molecular weight is 327 g/mol. The van der Waals surface area contributed by atoms with Gasteiger partial charge in [0.05, 0.1) is 11.4 Å². The van der Waals surface area contributed by atoms with Gasteiger partial charge in [-0.25, -0.2) is 9.67 Å². The molecule has 0 bridgehead atoms. The molecular formula is C17H15ClN4O. The number of aryl methyl sites for hydroxylation is 2. The first kappa shape index (κ1) is 15.2. The summed E-state index contributed by atoms with van der Waals surface area (Å²) in [4.78, 5) is 16.4. The van der Waals surface area contributed by atoms with Crippen molar-refractivity contribution in [3.05, 3.63) is 70.8 Å². The van der Waals surface area contributed by atoms with Gasteiger partial charge in [0.15, 0.2) is 0 Å². The number of anilines is 1. The Kier molecular flexibility index (Phi) is 4.12. The molecule has 0 aliphatic rings. The number of carbonyl (C=O) groups is 1. The van der Waals surface area contributed by atoms with Crippen molar-refractivity contribution in [2.24, 2.45) is 0 Å². The minimum atomic E-state index is -0.197. The van der Waals surface area contributed by atoms with Gasteiger partial charge in [-0.1, -0.05) is 17.7 Å². The quantitative estimate of drug-likeness (QED) is 0.796. The van der Waals surface area contributed by atoms with Gasteiger partial charge in [-0.15, -0.1) is 0 Å². The summed E-state index contributed by atoms with van der Waals surface area (Å²) in [5.74, 6) is -0.197. The van der Waals surface area contributed by atoms with Crippen molar-refractivity contribution in [3.8, 4) is 5.69 Å². The maximum absolute atomic E-state index is 12.5. The molecule has 1 heterocycles. The van der Waals surface area contributed by atoms with E-state index in [2.05, 4.69) is 15.4 Å². The van der Waals surface area contributed by atoms with Crippen LogP contribution in [0.15, 0.2) is 49.1 Å². The van der Waals surface area contributed by atoms with E-state index in [9.17, 15) is 4.79 Å². The molecule has 0 atom stereocenters. The number of carbonyl (C=O) groups excluding carboxylic acids is 1. The van der Waals surface area contributed by atoms with E-state index in [1.807, 2.05) is 26.0 Å². The van der Waals surface area contributed by atoms with Crippen LogP contribution in [-0.2, 0) is 0 Å². The zero-order valence-corrected chi connectivity index (χ0v) is 13.5. The van der Waals surface area contributed by atoms with Gasteiger partial charge in [-0.2, -0.15) is 5.10 Å². The summed E-state index contributed by atoms with van der Waals surface area (Å²) in [6.45, 7) is 3.99. The van der Waals surface area contributed by atoms with Gasteiger partial charge >= 0.3 is 0 Å². The summed E-state index contributed by atoms with van der Waals surface area (Å²) < 4.78 is 1.58. The Morgan fingerprint density at radius 1 is 1.13 bits per heavy atom. The van der Waals surface area contributed by atoms with Crippen LogP contribution in [0.25, 0.3) is 5.69 Å². The van der Waals surface area contributed by atoms with E-state index < -0.39 is 0 Å². The Morgan fingerprint density at radius 3 is 2.65 bits per heavy atom. The lowest BCUT2D eigenvalue weighted by atomic mass is 10.1. The molecule has 0 aliphatic heterocycles. The van der Waals surface area contributed by atoms with Gasteiger partial charge in [-0.3, -0.25) is 4.79 Å². The molecule has 23 heavy (non-hydrogen) atoms. The van der Waals surface area contributed by atoms with Crippen molar-refractivity contribution in [1.82, 2.24) is 14.8 Å². The fourth-order valence-corrected chi connectivity index (χ4v) is 2.39. The normalized spacial score (nSPS) is 10.6. The maximum atomic E-state index is 12.5. The zero-order valence-electron chi connectivity index (χ0n) is 12.7. The molecule has 0 fully saturated rings. The molecule has 2 aromatic carbocycles. The summed E-state index contributed by atoms with van der Waals surface area (Å²) in [7, 11) is 0. The van der Waals surface area contributed by atoms with Crippen LogP contribution in [0.3, 0.4) is 0 Å². The number of hydrogen-bond acceptors (Lipinski definition) is 3. The molecule has 5 nitrogen and oxygen atoms in total. The highest BCUT2D eigenvalue weighted by Crippen LogP contribution is 2.24. The van der Waals surface area contributed by atoms with E-state index in [4.69, 9.17) is 11.6 Å². The molecular weight excluding hydrogens is 312 g/mol. The zero-order chi connectivity index (χ0) is 16.4. The predicted molar refractivity (Wildman–Crippen MR) is 90.2 cm³/mol. The van der Waals surface area contributed by atoms with Crippen LogP contribution in [0.5, 0.6) is 0 Å². The molecule has 1 aromatic heterocycles. The summed E-state index contributed by atoms with van der Waals surface area (Å²) in [5.41, 5.74) is 4.08. The second-order valence-electron chi connectivity index (χ2n) is 5.25. The van der Waals surface area contributed by atoms with Crippen LogP contribution < -0.4 is 5.32 Å². The standard InChI is InChI=1S/C17H15ClN4O/c1-11-3-4-13(7-12(11)2)17(23)21-15-8-14(18)5-6-16(15)22-10-19-9-20-22/h3-10H,1-2H3,(H,21,23). The second kappa shape index (κ2) is 6.22. The first-order valence-electron chi connectivity index (χ1n) is 7.08. The molecule has 0 spiro atoms. The highest BCUT2D eigenvalue weighted by Gasteiger charge is 2.12. The second-order valence-corrected chi connectivity index (χ2v) is 5.69. The lowest BCUT2D eigenvalue weighted by molar-refractivity contribution is 0.102. The van der Waals surface area contributed by atoms with Gasteiger partial charge in [0.2, 0.25) is 0 Å². The maximum Gasteiger partial charge on any atom is 0.255 e. The first-order chi connectivity index (χ1) is 11.0. The number of rotatable bonds is 3. The predicted octanol–water partition coefficient (Wildman–Crippen LogP) is 3.79. The lowest BCUT2D eigenvalue weighted by Crippen LogP contribution is -2.14. The van der Waals surface area contributed by atoms with E-state index in [1.165, 1.54) is 6.33 Å². The van der Waals surface area contributed by atoms with E-state index >= 15 is 0 Å². The summed E-state index contributed by atoms with van der Waals surface area (Å²) >= 11 is 6.06. The molecule has 3 rings (SSSR count). The Morgan fingerprint density at radius 2 is 1.96 bits per heavy atom.